The van der Waals surface area contributed by atoms with Crippen LogP contribution in [0, 0.1) is 0 Å². The predicted molar refractivity (Wildman–Crippen MR) is 47.0 cm³/mol. The molecule has 0 aromatic rings. The van der Waals surface area contributed by atoms with Crippen LogP contribution >= 0.6 is 0 Å². The molecule has 0 aromatic carbocycles. The summed E-state index contributed by atoms with van der Waals surface area (Å²) in [5, 5.41) is 9.15. The van der Waals surface area contributed by atoms with Crippen molar-refractivity contribution in [1.29, 1.82) is 0 Å². The third-order valence-electron chi connectivity index (χ3n) is 1.80. The molecule has 0 bridgehead atoms. The maximum Gasteiger partial charge on any atom is 0.135 e. The maximum absolute atomic E-state index is 11.1. The fourth-order valence-corrected chi connectivity index (χ4v) is 1.06. The highest BCUT2D eigenvalue weighted by molar-refractivity contribution is 5.78. The molecule has 0 saturated heterocycles. The summed E-state index contributed by atoms with van der Waals surface area (Å²) in [6.07, 6.45) is 0.837. The van der Waals surface area contributed by atoms with Gasteiger partial charge in [-0.2, -0.15) is 0 Å². The van der Waals surface area contributed by atoms with Crippen LogP contribution in [0.4, 0.5) is 0 Å². The molecule has 0 aromatic heterocycles. The number of aliphatic hydroxyl groups excluding tert-OH is 1. The number of ether oxygens (including phenoxy) is 1. The Morgan fingerprint density at radius 3 is 2.50 bits per heavy atom. The van der Waals surface area contributed by atoms with E-state index in [4.69, 9.17) is 9.84 Å². The Balaban J connectivity index is 3.77. The topological polar surface area (TPSA) is 46.5 Å². The number of methoxy groups -OCH3 is 1. The Hall–Kier alpha value is -0.410. The molecule has 0 fully saturated rings. The number of carbonyl (C=O) groups excluding carboxylic acids is 1. The predicted octanol–water partition coefficient (Wildman–Crippen LogP) is 1.14. The summed E-state index contributed by atoms with van der Waals surface area (Å²) in [7, 11) is 1.51. The Labute approximate surface area is 73.7 Å². The van der Waals surface area contributed by atoms with Crippen molar-refractivity contribution in [3.63, 3.8) is 0 Å². The van der Waals surface area contributed by atoms with Gasteiger partial charge in [0.15, 0.2) is 0 Å². The molecular formula is C9H18O3. The van der Waals surface area contributed by atoms with Crippen LogP contribution in [0.3, 0.4) is 0 Å². The monoisotopic (exact) mass is 174 g/mol. The molecule has 0 saturated carbocycles. The molecule has 0 aliphatic rings. The highest BCUT2D eigenvalue weighted by Crippen LogP contribution is 2.06. The van der Waals surface area contributed by atoms with Gasteiger partial charge >= 0.3 is 0 Å². The van der Waals surface area contributed by atoms with E-state index in [1.807, 2.05) is 6.92 Å². The van der Waals surface area contributed by atoms with E-state index in [1.54, 1.807) is 6.92 Å². The summed E-state index contributed by atoms with van der Waals surface area (Å²) in [5.41, 5.74) is 0. The first kappa shape index (κ1) is 11.6. The summed E-state index contributed by atoms with van der Waals surface area (Å²) in [6.45, 7) is 3.59. The van der Waals surface area contributed by atoms with Crippen LogP contribution in [-0.2, 0) is 9.53 Å². The molecule has 3 heteroatoms. The smallest absolute Gasteiger partial charge is 0.135 e. The lowest BCUT2D eigenvalue weighted by Crippen LogP contribution is -2.27. The van der Waals surface area contributed by atoms with Gasteiger partial charge in [-0.25, -0.2) is 0 Å². The number of ketones is 1. The van der Waals surface area contributed by atoms with Gasteiger partial charge < -0.3 is 9.84 Å². The average Bonchev–Trinajstić information content (AvgIpc) is 2.00. The van der Waals surface area contributed by atoms with Gasteiger partial charge in [0.2, 0.25) is 0 Å². The number of rotatable bonds is 6. The molecule has 0 spiro atoms. The fourth-order valence-electron chi connectivity index (χ4n) is 1.06. The van der Waals surface area contributed by atoms with Crippen molar-refractivity contribution >= 4 is 5.78 Å². The van der Waals surface area contributed by atoms with Crippen molar-refractivity contribution in [2.75, 3.05) is 7.11 Å². The molecule has 0 aliphatic heterocycles. The van der Waals surface area contributed by atoms with Gasteiger partial charge in [0.05, 0.1) is 12.2 Å². The SMILES string of the molecule is CCCC(=O)CC(OC)C(C)O. The second-order valence-corrected chi connectivity index (χ2v) is 3.01. The van der Waals surface area contributed by atoms with Crippen molar-refractivity contribution in [3.8, 4) is 0 Å². The molecule has 12 heavy (non-hydrogen) atoms. The summed E-state index contributed by atoms with van der Waals surface area (Å²) in [4.78, 5) is 11.1. The zero-order chi connectivity index (χ0) is 9.56. The van der Waals surface area contributed by atoms with Crippen LogP contribution < -0.4 is 0 Å². The lowest BCUT2D eigenvalue weighted by Gasteiger charge is -2.16. The van der Waals surface area contributed by atoms with Gasteiger partial charge in [-0.1, -0.05) is 6.92 Å². The molecule has 3 nitrogen and oxygen atoms in total. The van der Waals surface area contributed by atoms with Gasteiger partial charge in [0.1, 0.15) is 5.78 Å². The Morgan fingerprint density at radius 1 is 1.58 bits per heavy atom. The number of aliphatic hydroxyl groups is 1. The molecule has 2 unspecified atom stereocenters. The van der Waals surface area contributed by atoms with Gasteiger partial charge in [-0.15, -0.1) is 0 Å². The number of carbonyl (C=O) groups is 1. The zero-order valence-corrected chi connectivity index (χ0v) is 8.04. The van der Waals surface area contributed by atoms with Gasteiger partial charge in [-0.3, -0.25) is 4.79 Å². The minimum atomic E-state index is -0.573. The Kier molecular flexibility index (Phi) is 5.93. The lowest BCUT2D eigenvalue weighted by atomic mass is 10.1. The highest BCUT2D eigenvalue weighted by atomic mass is 16.5. The van der Waals surface area contributed by atoms with E-state index in [0.29, 0.717) is 12.8 Å². The van der Waals surface area contributed by atoms with Crippen LogP contribution in [0.2, 0.25) is 0 Å². The number of hydrogen-bond acceptors (Lipinski definition) is 3. The lowest BCUT2D eigenvalue weighted by molar-refractivity contribution is -0.123. The average molecular weight is 174 g/mol. The van der Waals surface area contributed by atoms with Crippen LogP contribution in [0.15, 0.2) is 0 Å². The quantitative estimate of drug-likeness (QED) is 0.657. The third kappa shape index (κ3) is 4.46. The molecule has 1 N–H and O–H groups in total. The summed E-state index contributed by atoms with van der Waals surface area (Å²) in [5.74, 6) is 0.158. The molecule has 0 amide bonds. The van der Waals surface area contributed by atoms with Crippen molar-refractivity contribution in [2.24, 2.45) is 0 Å². The van der Waals surface area contributed by atoms with Gasteiger partial charge in [0, 0.05) is 20.0 Å². The first-order chi connectivity index (χ1) is 5.61. The summed E-state index contributed by atoms with van der Waals surface area (Å²) >= 11 is 0. The largest absolute Gasteiger partial charge is 0.391 e. The van der Waals surface area contributed by atoms with E-state index in [9.17, 15) is 4.79 Å². The van der Waals surface area contributed by atoms with Gasteiger partial charge in [-0.05, 0) is 13.3 Å². The molecule has 0 heterocycles. The second-order valence-electron chi connectivity index (χ2n) is 3.01. The molecule has 0 rings (SSSR count). The van der Waals surface area contributed by atoms with Crippen LogP contribution in [0.1, 0.15) is 33.1 Å². The van der Waals surface area contributed by atoms with E-state index in [1.165, 1.54) is 7.11 Å². The van der Waals surface area contributed by atoms with E-state index in [2.05, 4.69) is 0 Å². The van der Waals surface area contributed by atoms with E-state index in [0.717, 1.165) is 6.42 Å². The zero-order valence-electron chi connectivity index (χ0n) is 8.04. The van der Waals surface area contributed by atoms with Crippen LogP contribution in [0.25, 0.3) is 0 Å². The molecule has 0 aliphatic carbocycles. The minimum absolute atomic E-state index is 0.158. The van der Waals surface area contributed by atoms with Crippen molar-refractivity contribution < 1.29 is 14.6 Å². The van der Waals surface area contributed by atoms with Gasteiger partial charge in [0.25, 0.3) is 0 Å². The van der Waals surface area contributed by atoms with Crippen molar-refractivity contribution in [1.82, 2.24) is 0 Å². The molecule has 2 atom stereocenters. The fraction of sp³-hybridized carbons (Fsp3) is 0.889. The van der Waals surface area contributed by atoms with Crippen LogP contribution in [0.5, 0.6) is 0 Å². The molecular weight excluding hydrogens is 156 g/mol. The standard InChI is InChI=1S/C9H18O3/c1-4-5-8(11)6-9(12-3)7(2)10/h7,9-10H,4-6H2,1-3H3. The summed E-state index contributed by atoms with van der Waals surface area (Å²) in [6, 6.07) is 0. The molecule has 0 radical (unpaired) electrons. The highest BCUT2D eigenvalue weighted by Gasteiger charge is 2.17. The Bertz CT molecular complexity index is 132. The van der Waals surface area contributed by atoms with E-state index >= 15 is 0 Å². The maximum atomic E-state index is 11.1. The number of Topliss-reactive ketones (excluding diaryl/α,β-unsaturated/α-hetero) is 1. The third-order valence-corrected chi connectivity index (χ3v) is 1.80. The first-order valence-corrected chi connectivity index (χ1v) is 4.34. The van der Waals surface area contributed by atoms with E-state index < -0.39 is 6.10 Å². The number of hydrogen-bond donors (Lipinski definition) is 1. The molecule has 72 valence electrons. The van der Waals surface area contributed by atoms with Crippen LogP contribution in [-0.4, -0.2) is 30.2 Å². The first-order valence-electron chi connectivity index (χ1n) is 4.34. The second kappa shape index (κ2) is 6.14. The summed E-state index contributed by atoms with van der Waals surface area (Å²) < 4.78 is 4.96. The van der Waals surface area contributed by atoms with E-state index in [-0.39, 0.29) is 11.9 Å². The minimum Gasteiger partial charge on any atom is -0.391 e. The Morgan fingerprint density at radius 2 is 2.17 bits per heavy atom. The van der Waals surface area contributed by atoms with Crippen molar-refractivity contribution in [2.45, 2.75) is 45.3 Å². The normalized spacial score (nSPS) is 15.7. The van der Waals surface area contributed by atoms with Crippen molar-refractivity contribution in [3.05, 3.63) is 0 Å².